The van der Waals surface area contributed by atoms with E-state index in [1.165, 1.54) is 12.8 Å². The number of anilines is 1. The number of nitrogens with one attached hydrogen (secondary N) is 1. The van der Waals surface area contributed by atoms with Crippen molar-refractivity contribution in [1.82, 2.24) is 10.4 Å². The number of rotatable bonds is 5. The van der Waals surface area contributed by atoms with Gasteiger partial charge in [0, 0.05) is 24.0 Å². The van der Waals surface area contributed by atoms with Crippen LogP contribution in [0.3, 0.4) is 0 Å². The Hall–Kier alpha value is -1.99. The highest BCUT2D eigenvalue weighted by molar-refractivity contribution is 6.41. The Labute approximate surface area is 211 Å². The molecule has 4 rings (SSSR count). The third kappa shape index (κ3) is 5.75. The normalized spacial score (nSPS) is 21.1. The van der Waals surface area contributed by atoms with E-state index in [2.05, 4.69) is 5.43 Å². The van der Waals surface area contributed by atoms with Crippen LogP contribution in [0.4, 0.5) is 5.69 Å². The zero-order valence-electron chi connectivity index (χ0n) is 18.8. The van der Waals surface area contributed by atoms with Gasteiger partial charge < -0.3 is 4.74 Å². The van der Waals surface area contributed by atoms with Crippen LogP contribution < -0.4 is 15.2 Å². The van der Waals surface area contributed by atoms with Gasteiger partial charge in [-0.3, -0.25) is 15.2 Å². The van der Waals surface area contributed by atoms with E-state index < -0.39 is 0 Å². The first-order chi connectivity index (χ1) is 15.5. The summed E-state index contributed by atoms with van der Waals surface area (Å²) in [5, 5.41) is 9.66. The number of halogens is 3. The molecule has 0 aromatic heterocycles. The van der Waals surface area contributed by atoms with Gasteiger partial charge in [-0.15, -0.1) is 12.4 Å². The number of nitrogens with zero attached hydrogens (tertiary/aromatic N) is 3. The molecule has 2 aliphatic rings. The number of carbonyl (C=O) groups excluding carboxylic acids is 1. The number of hydrogen-bond donors (Lipinski definition) is 1. The van der Waals surface area contributed by atoms with Gasteiger partial charge in [-0.05, 0) is 48.7 Å². The Morgan fingerprint density at radius 1 is 1.06 bits per heavy atom. The van der Waals surface area contributed by atoms with Crippen LogP contribution in [0.5, 0.6) is 5.75 Å². The molecule has 9 heteroatoms. The minimum Gasteiger partial charge on any atom is -0.497 e. The molecule has 0 bridgehead atoms. The van der Waals surface area contributed by atoms with Crippen LogP contribution in [0.25, 0.3) is 0 Å². The summed E-state index contributed by atoms with van der Waals surface area (Å²) in [5.74, 6) is 0.461. The second kappa shape index (κ2) is 11.4. The number of ether oxygens (including phenoxy) is 1. The molecule has 2 aromatic carbocycles. The minimum absolute atomic E-state index is 0. The molecule has 1 saturated heterocycles. The van der Waals surface area contributed by atoms with Gasteiger partial charge in [-0.1, -0.05) is 55.1 Å². The van der Waals surface area contributed by atoms with Crippen molar-refractivity contribution in [2.75, 3.05) is 25.2 Å². The van der Waals surface area contributed by atoms with E-state index in [0.29, 0.717) is 21.4 Å². The summed E-state index contributed by atoms with van der Waals surface area (Å²) in [6.45, 7) is 3.75. The van der Waals surface area contributed by atoms with E-state index in [4.69, 9.17) is 33.0 Å². The maximum atomic E-state index is 13.2. The van der Waals surface area contributed by atoms with Crippen LogP contribution in [0.2, 0.25) is 10.0 Å². The average Bonchev–Trinajstić information content (AvgIpc) is 2.94. The Morgan fingerprint density at radius 3 is 2.33 bits per heavy atom. The molecule has 0 aliphatic carbocycles. The zero-order valence-corrected chi connectivity index (χ0v) is 21.1. The number of benzene rings is 2. The number of carbonyl (C=O) groups is 1. The first-order valence-electron chi connectivity index (χ1n) is 11.0. The van der Waals surface area contributed by atoms with Gasteiger partial charge in [-0.25, -0.2) is 5.01 Å². The largest absolute Gasteiger partial charge is 0.497 e. The van der Waals surface area contributed by atoms with E-state index in [9.17, 15) is 4.79 Å². The molecule has 2 heterocycles. The standard InChI is InChI=1S/C24H28Cl2N4O2.ClH/c1-16-22(24(31)28-29-13-5-3-4-6-14-29)27-30(21-12-9-18(25)15-20(21)26)23(16)17-7-10-19(32-2)11-8-17;/h7-12,15-16,23H,3-6,13-14H2,1-2H3,(H,28,31);1H/t16-,23+;/m0./s1. The van der Waals surface area contributed by atoms with Crippen LogP contribution >= 0.6 is 35.6 Å². The fourth-order valence-electron chi connectivity index (χ4n) is 4.37. The summed E-state index contributed by atoms with van der Waals surface area (Å²) in [6, 6.07) is 13.0. The number of hydrazine groups is 1. The lowest BCUT2D eigenvalue weighted by molar-refractivity contribution is -0.119. The highest BCUT2D eigenvalue weighted by atomic mass is 35.5. The monoisotopic (exact) mass is 510 g/mol. The molecule has 0 spiro atoms. The van der Waals surface area contributed by atoms with Crippen molar-refractivity contribution in [3.63, 3.8) is 0 Å². The predicted octanol–water partition coefficient (Wildman–Crippen LogP) is 5.88. The lowest BCUT2D eigenvalue weighted by Crippen LogP contribution is -2.46. The van der Waals surface area contributed by atoms with Gasteiger partial charge in [0.05, 0.1) is 23.9 Å². The second-order valence-corrected chi connectivity index (χ2v) is 9.12. The van der Waals surface area contributed by atoms with Crippen molar-refractivity contribution in [2.45, 2.75) is 38.6 Å². The quantitative estimate of drug-likeness (QED) is 0.544. The lowest BCUT2D eigenvalue weighted by Gasteiger charge is -2.28. The van der Waals surface area contributed by atoms with Crippen molar-refractivity contribution in [2.24, 2.45) is 11.0 Å². The summed E-state index contributed by atoms with van der Waals surface area (Å²) >= 11 is 12.7. The Bertz CT molecular complexity index is 992. The molecule has 0 radical (unpaired) electrons. The number of hydrogen-bond acceptors (Lipinski definition) is 5. The molecule has 6 nitrogen and oxygen atoms in total. The molecule has 1 amide bonds. The molecule has 2 aromatic rings. The predicted molar refractivity (Wildman–Crippen MR) is 137 cm³/mol. The fourth-order valence-corrected chi connectivity index (χ4v) is 4.86. The molecule has 1 N–H and O–H groups in total. The van der Waals surface area contributed by atoms with Gasteiger partial charge in [0.1, 0.15) is 11.5 Å². The summed E-state index contributed by atoms with van der Waals surface area (Å²) in [5.41, 5.74) is 5.30. The summed E-state index contributed by atoms with van der Waals surface area (Å²) < 4.78 is 5.31. The Kier molecular flexibility index (Phi) is 8.88. The maximum absolute atomic E-state index is 13.2. The Balaban J connectivity index is 0.00000306. The van der Waals surface area contributed by atoms with Crippen LogP contribution in [0, 0.1) is 5.92 Å². The fraction of sp³-hybridized carbons (Fsp3) is 0.417. The highest BCUT2D eigenvalue weighted by Crippen LogP contribution is 2.42. The van der Waals surface area contributed by atoms with E-state index in [0.717, 1.165) is 37.2 Å². The van der Waals surface area contributed by atoms with Crippen LogP contribution in [-0.4, -0.2) is 36.8 Å². The molecular formula is C24H29Cl3N4O2. The summed E-state index contributed by atoms with van der Waals surface area (Å²) in [7, 11) is 1.64. The summed E-state index contributed by atoms with van der Waals surface area (Å²) in [4.78, 5) is 13.2. The molecule has 2 aliphatic heterocycles. The van der Waals surface area contributed by atoms with Crippen molar-refractivity contribution in [3.05, 3.63) is 58.1 Å². The van der Waals surface area contributed by atoms with Crippen molar-refractivity contribution >= 4 is 52.9 Å². The van der Waals surface area contributed by atoms with Gasteiger partial charge in [-0.2, -0.15) is 5.10 Å². The van der Waals surface area contributed by atoms with Gasteiger partial charge in [0.25, 0.3) is 5.91 Å². The van der Waals surface area contributed by atoms with Gasteiger partial charge >= 0.3 is 0 Å². The van der Waals surface area contributed by atoms with E-state index in [1.54, 1.807) is 19.2 Å². The third-order valence-electron chi connectivity index (χ3n) is 6.10. The maximum Gasteiger partial charge on any atom is 0.282 e. The van der Waals surface area contributed by atoms with Gasteiger partial charge in [0.15, 0.2) is 0 Å². The van der Waals surface area contributed by atoms with E-state index in [1.807, 2.05) is 47.3 Å². The van der Waals surface area contributed by atoms with Crippen LogP contribution in [0.15, 0.2) is 47.6 Å². The average molecular weight is 512 g/mol. The van der Waals surface area contributed by atoms with Gasteiger partial charge in [0.2, 0.25) is 0 Å². The van der Waals surface area contributed by atoms with E-state index >= 15 is 0 Å². The second-order valence-electron chi connectivity index (χ2n) is 8.27. The van der Waals surface area contributed by atoms with Crippen LogP contribution in [-0.2, 0) is 4.79 Å². The number of methoxy groups -OCH3 is 1. The third-order valence-corrected chi connectivity index (χ3v) is 6.63. The minimum atomic E-state index is -0.190. The molecule has 2 atom stereocenters. The topological polar surface area (TPSA) is 57.2 Å². The number of hydrazone groups is 1. The smallest absolute Gasteiger partial charge is 0.282 e. The molecule has 0 saturated carbocycles. The SMILES string of the molecule is COc1ccc([C@H]2[C@@H](C)C(C(=O)NN3CCCCCC3)=NN2c2ccc(Cl)cc2Cl)cc1.Cl. The first-order valence-corrected chi connectivity index (χ1v) is 11.8. The lowest BCUT2D eigenvalue weighted by atomic mass is 9.91. The van der Waals surface area contributed by atoms with Crippen LogP contribution in [0.1, 0.15) is 44.2 Å². The van der Waals surface area contributed by atoms with Crippen molar-refractivity contribution < 1.29 is 9.53 Å². The first kappa shape index (κ1) is 25.6. The van der Waals surface area contributed by atoms with Crippen molar-refractivity contribution in [1.29, 1.82) is 0 Å². The molecule has 178 valence electrons. The molecule has 0 unspecified atom stereocenters. The highest BCUT2D eigenvalue weighted by Gasteiger charge is 2.40. The molecule has 33 heavy (non-hydrogen) atoms. The summed E-state index contributed by atoms with van der Waals surface area (Å²) in [6.07, 6.45) is 4.57. The number of amides is 1. The molecular weight excluding hydrogens is 483 g/mol. The molecule has 1 fully saturated rings. The van der Waals surface area contributed by atoms with E-state index in [-0.39, 0.29) is 30.3 Å². The Morgan fingerprint density at radius 2 is 1.73 bits per heavy atom. The zero-order chi connectivity index (χ0) is 22.7. The van der Waals surface area contributed by atoms with Crippen molar-refractivity contribution in [3.8, 4) is 5.75 Å².